The number of unbranched alkanes of at least 4 members (excludes halogenated alkanes) is 2. The topological polar surface area (TPSA) is 320 Å². The van der Waals surface area contributed by atoms with E-state index in [1.54, 1.807) is 52.0 Å². The Balaban J connectivity index is 1.31. The van der Waals surface area contributed by atoms with E-state index in [9.17, 15) is 43.5 Å². The number of alkyl halides is 2. The summed E-state index contributed by atoms with van der Waals surface area (Å²) in [4.78, 5) is 107. The molecule has 0 aliphatic carbocycles. The normalized spacial score (nSPS) is 24.3. The molecule has 3 aliphatic rings. The van der Waals surface area contributed by atoms with Crippen LogP contribution in [0.2, 0.25) is 5.02 Å². The number of nitrogens with zero attached hydrogens (tertiary/aromatic N) is 1. The first kappa shape index (κ1) is 68.3. The summed E-state index contributed by atoms with van der Waals surface area (Å²) < 4.78 is 29.7. The van der Waals surface area contributed by atoms with E-state index in [0.717, 1.165) is 11.1 Å². The molecule has 0 aromatic heterocycles. The van der Waals surface area contributed by atoms with Crippen LogP contribution in [0.4, 0.5) is 31.4 Å². The number of benzene rings is 2. The van der Waals surface area contributed by atoms with Crippen LogP contribution in [0.3, 0.4) is 0 Å². The van der Waals surface area contributed by atoms with Crippen molar-refractivity contribution in [2.75, 3.05) is 60.6 Å². The molecule has 2 saturated heterocycles. The number of nitrogens with two attached hydrogens (primary N) is 1. The molecule has 9 amide bonds. The molecule has 5 rings (SSSR count). The fourth-order valence-corrected chi connectivity index (χ4v) is 12.2. The number of allylic oxidation sites excluding steroid dienone is 3. The van der Waals surface area contributed by atoms with Gasteiger partial charge in [0.1, 0.15) is 46.8 Å². The molecule has 3 heterocycles. The van der Waals surface area contributed by atoms with Crippen LogP contribution in [-0.4, -0.2) is 146 Å². The van der Waals surface area contributed by atoms with Gasteiger partial charge in [0, 0.05) is 66.8 Å². The van der Waals surface area contributed by atoms with E-state index >= 15 is 0 Å². The number of anilines is 3. The summed E-state index contributed by atoms with van der Waals surface area (Å²) in [6.07, 6.45) is 1.52. The third kappa shape index (κ3) is 19.2. The molecule has 27 heteroatoms. The van der Waals surface area contributed by atoms with Gasteiger partial charge in [-0.2, -0.15) is 0 Å². The number of ether oxygens (including phenoxy) is 5. The van der Waals surface area contributed by atoms with E-state index in [4.69, 9.17) is 41.0 Å². The lowest BCUT2D eigenvalue weighted by Crippen LogP contribution is -2.63. The van der Waals surface area contributed by atoms with Crippen molar-refractivity contribution in [3.05, 3.63) is 69.2 Å². The summed E-state index contributed by atoms with van der Waals surface area (Å²) in [5, 5.41) is 32.0. The average Bonchev–Trinajstić information content (AvgIpc) is 1.91. The van der Waals surface area contributed by atoms with Gasteiger partial charge in [0.2, 0.25) is 29.5 Å². The van der Waals surface area contributed by atoms with Gasteiger partial charge >= 0.3 is 18.2 Å². The molecule has 0 spiro atoms. The Morgan fingerprint density at radius 3 is 2.33 bits per heavy atom. The second-order valence-electron chi connectivity index (χ2n) is 21.4. The SMILES string of the molecule is COc1cc2cc(c1Cl)N(C)C(=O)C[C@H](OC(=O)Nc1ccc(NC(=O)[C@H](CCCNC(N)=O)NC(=O)[C@@H](NC(=O)CCCCCNC(=O)C(CBr)CBr)C(C)C)cc1Br)[C@]1(C)O[C@H]1[C@H](C)[C@@H]1C[C@@](O)(NC(=O)O1)[C@H](OC)/C=C/C=C(\C)C2. The zero-order valence-electron chi connectivity index (χ0n) is 47.8. The highest BCUT2D eigenvalue weighted by Gasteiger charge is 2.64. The fourth-order valence-electron chi connectivity index (χ4n) is 9.75. The predicted octanol–water partition coefficient (Wildman–Crippen LogP) is 7.23. The van der Waals surface area contributed by atoms with Crippen LogP contribution < -0.4 is 52.6 Å². The zero-order valence-corrected chi connectivity index (χ0v) is 53.3. The number of alkyl carbamates (subject to hydrolysis) is 1. The van der Waals surface area contributed by atoms with Crippen molar-refractivity contribution in [1.82, 2.24) is 26.6 Å². The molecule has 9 atom stereocenters. The predicted molar refractivity (Wildman–Crippen MR) is 324 cm³/mol. The van der Waals surface area contributed by atoms with E-state index in [2.05, 4.69) is 85.0 Å². The lowest BCUT2D eigenvalue weighted by Gasteiger charge is -2.42. The molecule has 0 unspecified atom stereocenters. The van der Waals surface area contributed by atoms with Crippen LogP contribution in [0.5, 0.6) is 5.75 Å². The highest BCUT2D eigenvalue weighted by atomic mass is 79.9. The van der Waals surface area contributed by atoms with Crippen LogP contribution in [0.15, 0.2) is 58.6 Å². The maximum absolute atomic E-state index is 14.4. The fraction of sp³-hybridized carbons (Fsp3) is 0.571. The molecule has 23 nitrogen and oxygen atoms in total. The number of carbonyl (C=O) groups is 8. The number of epoxide rings is 1. The van der Waals surface area contributed by atoms with Crippen molar-refractivity contribution < 1.29 is 67.1 Å². The minimum absolute atomic E-state index is 0.0651. The van der Waals surface area contributed by atoms with Crippen molar-refractivity contribution in [3.8, 4) is 5.75 Å². The van der Waals surface area contributed by atoms with Crippen LogP contribution in [0.25, 0.3) is 0 Å². The van der Waals surface area contributed by atoms with Crippen molar-refractivity contribution in [2.24, 2.45) is 23.5 Å². The first-order valence-corrected chi connectivity index (χ1v) is 30.7. The minimum Gasteiger partial charge on any atom is -0.495 e. The van der Waals surface area contributed by atoms with Crippen molar-refractivity contribution >= 4 is 124 Å². The van der Waals surface area contributed by atoms with E-state index < -0.39 is 96.1 Å². The van der Waals surface area contributed by atoms with Crippen molar-refractivity contribution in [3.63, 3.8) is 0 Å². The molecule has 10 N–H and O–H groups in total. The van der Waals surface area contributed by atoms with Gasteiger partial charge in [-0.15, -0.1) is 0 Å². The highest BCUT2D eigenvalue weighted by Crippen LogP contribution is 2.49. The van der Waals surface area contributed by atoms with Crippen LogP contribution in [0, 0.1) is 17.8 Å². The lowest BCUT2D eigenvalue weighted by molar-refractivity contribution is -0.142. The van der Waals surface area contributed by atoms with Crippen LogP contribution in [0.1, 0.15) is 91.5 Å². The molecular formula is C56H77Br3ClN9O14. The van der Waals surface area contributed by atoms with E-state index in [1.807, 2.05) is 13.0 Å². The third-order valence-electron chi connectivity index (χ3n) is 14.7. The second-order valence-corrected chi connectivity index (χ2v) is 23.9. The zero-order chi connectivity index (χ0) is 61.3. The summed E-state index contributed by atoms with van der Waals surface area (Å²) in [6.45, 7) is 9.42. The molecule has 3 aliphatic heterocycles. The van der Waals surface area contributed by atoms with Crippen molar-refractivity contribution in [1.29, 1.82) is 0 Å². The van der Waals surface area contributed by atoms with Crippen molar-refractivity contribution in [2.45, 2.75) is 140 Å². The number of fused-ring (bicyclic) bond motifs is 5. The Kier molecular flexibility index (Phi) is 26.0. The van der Waals surface area contributed by atoms with Crippen LogP contribution >= 0.6 is 59.4 Å². The van der Waals surface area contributed by atoms with Gasteiger partial charge in [-0.3, -0.25) is 34.6 Å². The van der Waals surface area contributed by atoms with Gasteiger partial charge in [0.15, 0.2) is 5.72 Å². The number of hydrogen-bond donors (Lipinski definition) is 9. The summed E-state index contributed by atoms with van der Waals surface area (Å²) in [5.41, 5.74) is 4.44. The van der Waals surface area contributed by atoms with Gasteiger partial charge in [-0.05, 0) is 104 Å². The number of hydrogen-bond acceptors (Lipinski definition) is 14. The Bertz CT molecular complexity index is 2740. The Labute approximate surface area is 514 Å². The number of methoxy groups -OCH3 is 2. The number of halogens is 4. The number of carbonyl (C=O) groups excluding carboxylic acids is 8. The number of urea groups is 1. The molecule has 0 radical (unpaired) electrons. The summed E-state index contributed by atoms with van der Waals surface area (Å²) >= 11 is 17.0. The Morgan fingerprint density at radius 2 is 1.67 bits per heavy atom. The van der Waals surface area contributed by atoms with E-state index in [0.29, 0.717) is 58.8 Å². The molecule has 2 aromatic rings. The number of rotatable bonds is 23. The maximum atomic E-state index is 14.4. The standard InChI is InChI=1S/C56H77Br3ClN9O14/c1-30(2)47(67-44(70)17-10-9-11-20-62-49(72)34(28-57)29-58)51(74)65-38(15-13-21-63-52(61)75)50(73)64-35-18-19-37(36(59)25-35)66-53(76)82-43-26-45(71)69(6)39-23-33(24-40(79-7)46(39)60)22-31(3)14-12-16-42(80-8)56(78)27-41(81-54(77)68-56)32(4)48-55(43,5)83-48/h12,14,16,18-19,23-25,30,32,34,38,41-43,47-48,78H,9-11,13,15,17,20-22,26-29H2,1-8H3,(H,62,72)(H,64,73)(H,65,74)(H,66,76)(H,67,70)(H,68,77)(H3,61,63,75)/b16-12+,31-14+/t32-,38+,41+,42-,43+,47+,48+,55+,56+/m1/s1. The monoisotopic (exact) mass is 1370 g/mol. The second kappa shape index (κ2) is 31.6. The Hall–Kier alpha value is -5.51. The average molecular weight is 1380 g/mol. The van der Waals surface area contributed by atoms with E-state index in [-0.39, 0.29) is 72.3 Å². The molecule has 83 heavy (non-hydrogen) atoms. The maximum Gasteiger partial charge on any atom is 0.412 e. The minimum atomic E-state index is -1.90. The third-order valence-corrected chi connectivity index (χ3v) is 17.3. The van der Waals surface area contributed by atoms with Gasteiger partial charge in [-0.1, -0.05) is 94.5 Å². The molecular weight excluding hydrogens is 1300 g/mol. The highest BCUT2D eigenvalue weighted by molar-refractivity contribution is 9.10. The summed E-state index contributed by atoms with van der Waals surface area (Å²) in [7, 11) is 4.40. The van der Waals surface area contributed by atoms with E-state index in [1.165, 1.54) is 44.4 Å². The molecule has 2 fully saturated rings. The Morgan fingerprint density at radius 1 is 0.964 bits per heavy atom. The molecule has 458 valence electrons. The summed E-state index contributed by atoms with van der Waals surface area (Å²) in [6, 6.07) is 5.10. The van der Waals surface area contributed by atoms with Gasteiger partial charge in [-0.25, -0.2) is 14.4 Å². The van der Waals surface area contributed by atoms with Gasteiger partial charge < -0.3 is 66.0 Å². The molecule has 4 bridgehead atoms. The van der Waals surface area contributed by atoms with Gasteiger partial charge in [0.25, 0.3) is 0 Å². The van der Waals surface area contributed by atoms with Crippen LogP contribution in [-0.2, 0) is 49.3 Å². The summed E-state index contributed by atoms with van der Waals surface area (Å²) in [5.74, 6) is -3.01. The first-order chi connectivity index (χ1) is 39.3. The number of nitrogens with one attached hydrogen (secondary N) is 7. The number of primary amides is 1. The van der Waals surface area contributed by atoms with Gasteiger partial charge in [0.05, 0.1) is 36.9 Å². The molecule has 2 aromatic carbocycles. The number of amides is 9. The smallest absolute Gasteiger partial charge is 0.412 e. The largest absolute Gasteiger partial charge is 0.495 e. The number of aliphatic hydroxyl groups is 1. The quantitative estimate of drug-likeness (QED) is 0.0301. The lowest BCUT2D eigenvalue weighted by atomic mass is 9.83. The first-order valence-electron chi connectivity index (χ1n) is 27.3. The molecule has 0 saturated carbocycles.